The van der Waals surface area contributed by atoms with Gasteiger partial charge in [-0.05, 0) is 32.0 Å². The van der Waals surface area contributed by atoms with Gasteiger partial charge in [-0.2, -0.15) is 5.10 Å². The summed E-state index contributed by atoms with van der Waals surface area (Å²) in [6, 6.07) is 2.28. The van der Waals surface area contributed by atoms with Crippen LogP contribution in [-0.4, -0.2) is 38.9 Å². The molecule has 0 bridgehead atoms. The number of piperidine rings is 1. The zero-order chi connectivity index (χ0) is 13.9. The van der Waals surface area contributed by atoms with E-state index in [9.17, 15) is 0 Å². The molecule has 2 aromatic heterocycles. The second-order valence-electron chi connectivity index (χ2n) is 5.00. The quantitative estimate of drug-likeness (QED) is 0.759. The minimum atomic E-state index is 0.428. The Bertz CT molecular complexity index is 586. The Morgan fingerprint density at radius 2 is 2.20 bits per heavy atom. The maximum absolute atomic E-state index is 5.98. The van der Waals surface area contributed by atoms with Crippen molar-refractivity contribution >= 4 is 11.8 Å². The lowest BCUT2D eigenvalue weighted by atomic mass is 10.1. The van der Waals surface area contributed by atoms with E-state index in [1.807, 2.05) is 13.1 Å². The first kappa shape index (κ1) is 12.9. The second-order valence-corrected chi connectivity index (χ2v) is 5.00. The van der Waals surface area contributed by atoms with Crippen molar-refractivity contribution in [3.8, 4) is 11.3 Å². The van der Waals surface area contributed by atoms with Crippen LogP contribution in [0.2, 0.25) is 0 Å². The van der Waals surface area contributed by atoms with Gasteiger partial charge in [0.2, 0.25) is 5.95 Å². The summed E-state index contributed by atoms with van der Waals surface area (Å²) < 4.78 is 1.64. The summed E-state index contributed by atoms with van der Waals surface area (Å²) >= 11 is 0. The highest BCUT2D eigenvalue weighted by Gasteiger charge is 2.15. The lowest BCUT2D eigenvalue weighted by molar-refractivity contribution is 0.477. The molecule has 0 spiro atoms. The summed E-state index contributed by atoms with van der Waals surface area (Å²) in [6.07, 6.45) is 5.65. The van der Waals surface area contributed by atoms with Crippen LogP contribution in [-0.2, 0) is 7.05 Å². The van der Waals surface area contributed by atoms with Gasteiger partial charge in [-0.3, -0.25) is 4.68 Å². The number of nitrogen functional groups attached to an aromatic ring is 1. The number of hydrogen-bond acceptors (Lipinski definition) is 6. The predicted molar refractivity (Wildman–Crippen MR) is 78.2 cm³/mol. The van der Waals surface area contributed by atoms with Crippen molar-refractivity contribution < 1.29 is 0 Å². The van der Waals surface area contributed by atoms with Gasteiger partial charge in [0.05, 0.1) is 17.5 Å². The molecule has 3 rings (SSSR count). The first-order valence-corrected chi connectivity index (χ1v) is 6.82. The van der Waals surface area contributed by atoms with Crippen molar-refractivity contribution in [1.29, 1.82) is 0 Å². The van der Waals surface area contributed by atoms with Gasteiger partial charge in [-0.15, -0.1) is 0 Å². The lowest BCUT2D eigenvalue weighted by Gasteiger charge is -2.23. The van der Waals surface area contributed by atoms with Crippen LogP contribution in [0.15, 0.2) is 18.5 Å². The normalized spacial score (nSPS) is 16.2. The number of anilines is 2. The summed E-state index contributed by atoms with van der Waals surface area (Å²) in [5.41, 5.74) is 7.61. The van der Waals surface area contributed by atoms with Crippen molar-refractivity contribution in [2.24, 2.45) is 7.05 Å². The molecule has 1 fully saturated rings. The van der Waals surface area contributed by atoms with E-state index in [2.05, 4.69) is 25.7 Å². The Morgan fingerprint density at radius 3 is 2.90 bits per heavy atom. The standard InChI is InChI=1S/C13H19N7/c1-20-12(14)10(8-17-20)11-4-7-16-13(19-11)18-9-2-5-15-6-3-9/h4,7-9,15H,2-3,5-6,14H2,1H3,(H,16,18,19). The zero-order valence-corrected chi connectivity index (χ0v) is 11.5. The Labute approximate surface area is 117 Å². The highest BCUT2D eigenvalue weighted by molar-refractivity contribution is 5.70. The van der Waals surface area contributed by atoms with Crippen LogP contribution in [0.25, 0.3) is 11.3 Å². The second kappa shape index (κ2) is 5.46. The largest absolute Gasteiger partial charge is 0.383 e. The summed E-state index contributed by atoms with van der Waals surface area (Å²) in [7, 11) is 1.81. The monoisotopic (exact) mass is 273 g/mol. The van der Waals surface area contributed by atoms with Crippen molar-refractivity contribution in [2.45, 2.75) is 18.9 Å². The molecule has 0 atom stereocenters. The third-order valence-corrected chi connectivity index (χ3v) is 3.59. The Hall–Kier alpha value is -2.15. The highest BCUT2D eigenvalue weighted by atomic mass is 15.3. The van der Waals surface area contributed by atoms with Crippen LogP contribution in [0.5, 0.6) is 0 Å². The summed E-state index contributed by atoms with van der Waals surface area (Å²) in [5.74, 6) is 1.26. The van der Waals surface area contributed by atoms with Gasteiger partial charge in [-0.25, -0.2) is 9.97 Å². The van der Waals surface area contributed by atoms with Crippen molar-refractivity contribution in [3.63, 3.8) is 0 Å². The van der Waals surface area contributed by atoms with Gasteiger partial charge >= 0.3 is 0 Å². The number of nitrogens with zero attached hydrogens (tertiary/aromatic N) is 4. The third kappa shape index (κ3) is 2.57. The molecule has 1 aliphatic rings. The molecule has 1 aliphatic heterocycles. The Morgan fingerprint density at radius 1 is 1.40 bits per heavy atom. The van der Waals surface area contributed by atoms with E-state index in [4.69, 9.17) is 5.73 Å². The molecule has 20 heavy (non-hydrogen) atoms. The lowest BCUT2D eigenvalue weighted by Crippen LogP contribution is -2.35. The van der Waals surface area contributed by atoms with Crippen molar-refractivity contribution in [1.82, 2.24) is 25.1 Å². The molecule has 0 aliphatic carbocycles. The average molecular weight is 273 g/mol. The number of hydrogen-bond donors (Lipinski definition) is 3. The Balaban J connectivity index is 1.80. The van der Waals surface area contributed by atoms with Gasteiger partial charge in [-0.1, -0.05) is 0 Å². The van der Waals surface area contributed by atoms with E-state index in [-0.39, 0.29) is 0 Å². The molecule has 4 N–H and O–H groups in total. The third-order valence-electron chi connectivity index (χ3n) is 3.59. The van der Waals surface area contributed by atoms with Gasteiger partial charge in [0.15, 0.2) is 0 Å². The van der Waals surface area contributed by atoms with Crippen LogP contribution in [0.3, 0.4) is 0 Å². The maximum Gasteiger partial charge on any atom is 0.223 e. The summed E-state index contributed by atoms with van der Waals surface area (Å²) in [5, 5.41) is 10.9. The number of aromatic nitrogens is 4. The topological polar surface area (TPSA) is 93.7 Å². The minimum Gasteiger partial charge on any atom is -0.383 e. The zero-order valence-electron chi connectivity index (χ0n) is 11.5. The van der Waals surface area contributed by atoms with E-state index in [1.54, 1.807) is 17.1 Å². The molecule has 0 radical (unpaired) electrons. The molecule has 2 aromatic rings. The molecule has 0 amide bonds. The molecular weight excluding hydrogens is 254 g/mol. The van der Waals surface area contributed by atoms with E-state index in [1.165, 1.54) is 0 Å². The van der Waals surface area contributed by atoms with Gasteiger partial charge in [0.25, 0.3) is 0 Å². The number of rotatable bonds is 3. The number of nitrogens with one attached hydrogen (secondary N) is 2. The summed E-state index contributed by atoms with van der Waals surface area (Å²) in [4.78, 5) is 8.82. The molecule has 7 nitrogen and oxygen atoms in total. The molecule has 7 heteroatoms. The van der Waals surface area contributed by atoms with Crippen molar-refractivity contribution in [2.75, 3.05) is 24.1 Å². The number of aryl methyl sites for hydroxylation is 1. The maximum atomic E-state index is 5.98. The molecule has 1 saturated heterocycles. The van der Waals surface area contributed by atoms with Crippen LogP contribution in [0.4, 0.5) is 11.8 Å². The Kier molecular flexibility index (Phi) is 3.51. The SMILES string of the molecule is Cn1ncc(-c2ccnc(NC3CCNCC3)n2)c1N. The number of nitrogens with two attached hydrogens (primary N) is 1. The smallest absolute Gasteiger partial charge is 0.223 e. The van der Waals surface area contributed by atoms with Crippen LogP contribution in [0.1, 0.15) is 12.8 Å². The van der Waals surface area contributed by atoms with Gasteiger partial charge in [0, 0.05) is 19.3 Å². The van der Waals surface area contributed by atoms with Crippen LogP contribution < -0.4 is 16.4 Å². The molecule has 0 aromatic carbocycles. The highest BCUT2D eigenvalue weighted by Crippen LogP contribution is 2.23. The average Bonchev–Trinajstić information content (AvgIpc) is 2.80. The van der Waals surface area contributed by atoms with E-state index < -0.39 is 0 Å². The van der Waals surface area contributed by atoms with E-state index >= 15 is 0 Å². The van der Waals surface area contributed by atoms with Gasteiger partial charge < -0.3 is 16.4 Å². The van der Waals surface area contributed by atoms with Crippen LogP contribution >= 0.6 is 0 Å². The minimum absolute atomic E-state index is 0.428. The van der Waals surface area contributed by atoms with Crippen molar-refractivity contribution in [3.05, 3.63) is 18.5 Å². The molecule has 0 saturated carbocycles. The van der Waals surface area contributed by atoms with Gasteiger partial charge in [0.1, 0.15) is 5.82 Å². The molecule has 106 valence electrons. The fourth-order valence-electron chi connectivity index (χ4n) is 2.37. The van der Waals surface area contributed by atoms with E-state index in [0.29, 0.717) is 17.8 Å². The van der Waals surface area contributed by atoms with Crippen LogP contribution in [0, 0.1) is 0 Å². The van der Waals surface area contributed by atoms with E-state index in [0.717, 1.165) is 37.2 Å². The predicted octanol–water partition coefficient (Wildman–Crippen LogP) is 0.623. The first-order valence-electron chi connectivity index (χ1n) is 6.82. The first-order chi connectivity index (χ1) is 9.74. The molecule has 0 unspecified atom stereocenters. The fourth-order valence-corrected chi connectivity index (χ4v) is 2.37. The fraction of sp³-hybridized carbons (Fsp3) is 0.462. The summed E-state index contributed by atoms with van der Waals surface area (Å²) in [6.45, 7) is 2.07. The molecular formula is C13H19N7. The molecule has 3 heterocycles.